The van der Waals surface area contributed by atoms with E-state index in [0.29, 0.717) is 0 Å². The highest BCUT2D eigenvalue weighted by molar-refractivity contribution is 6.49. The second kappa shape index (κ2) is 72.1. The molecule has 93 heavy (non-hydrogen) atoms. The molecule has 0 N–H and O–H groups in total. The van der Waals surface area contributed by atoms with E-state index < -0.39 is 0 Å². The van der Waals surface area contributed by atoms with Crippen LogP contribution in [0.4, 0.5) is 11.4 Å². The second-order valence-corrected chi connectivity index (χ2v) is 29.9. The lowest BCUT2D eigenvalue weighted by Gasteiger charge is -2.08. The highest BCUT2D eigenvalue weighted by Crippen LogP contribution is 2.24. The van der Waals surface area contributed by atoms with E-state index in [9.17, 15) is 0 Å². The van der Waals surface area contributed by atoms with Crippen molar-refractivity contribution in [2.24, 2.45) is 9.98 Å². The van der Waals surface area contributed by atoms with Crippen molar-refractivity contribution in [3.63, 3.8) is 0 Å². The van der Waals surface area contributed by atoms with Crippen molar-refractivity contribution in [3.05, 3.63) is 59.7 Å². The zero-order chi connectivity index (χ0) is 66.2. The number of rotatable bonds is 73. The average molecular weight is 1280 g/mol. The quantitative estimate of drug-likeness (QED) is 0.0358. The fourth-order valence-electron chi connectivity index (χ4n) is 14.2. The van der Waals surface area contributed by atoms with E-state index in [2.05, 4.69) is 88.1 Å². The summed E-state index contributed by atoms with van der Waals surface area (Å²) in [6, 6.07) is 18.3. The van der Waals surface area contributed by atoms with Crippen molar-refractivity contribution < 1.29 is 0 Å². The van der Waals surface area contributed by atoms with Crippen molar-refractivity contribution in [2.75, 3.05) is 0 Å². The molecule has 0 radical (unpaired) electrons. The predicted octanol–water partition coefficient (Wildman–Crippen LogP) is 32.6. The van der Waals surface area contributed by atoms with Crippen molar-refractivity contribution in [1.29, 1.82) is 0 Å². The number of unbranched alkanes of at least 4 members (excludes halogenated alkanes) is 64. The van der Waals surface area contributed by atoms with E-state index in [1.165, 1.54) is 441 Å². The Morgan fingerprint density at radius 1 is 0.226 bits per heavy atom. The molecule has 2 aromatic carbocycles. The largest absolute Gasteiger partial charge is 0.251 e. The molecule has 0 spiro atoms. The minimum Gasteiger partial charge on any atom is -0.251 e. The van der Waals surface area contributed by atoms with Crippen LogP contribution in [0.15, 0.2) is 58.5 Å². The van der Waals surface area contributed by atoms with Gasteiger partial charge in [-0.15, -0.1) is 0 Å². The lowest BCUT2D eigenvalue weighted by atomic mass is 10.0. The summed E-state index contributed by atoms with van der Waals surface area (Å²) in [6.07, 6.45) is 99.2. The van der Waals surface area contributed by atoms with Gasteiger partial charge in [-0.1, -0.05) is 462 Å². The first kappa shape index (κ1) is 86.4. The molecule has 2 rings (SSSR count). The molecule has 0 fully saturated rings. The van der Waals surface area contributed by atoms with Gasteiger partial charge in [0.1, 0.15) is 5.71 Å². The number of aliphatic imine (C=N–C) groups is 2. The molecule has 0 saturated heterocycles. The van der Waals surface area contributed by atoms with Gasteiger partial charge in [0.25, 0.3) is 0 Å². The number of aryl methyl sites for hydroxylation is 2. The van der Waals surface area contributed by atoms with E-state index in [1.54, 1.807) is 0 Å². The molecule has 0 amide bonds. The smallest absolute Gasteiger partial charge is 0.135 e. The fourth-order valence-corrected chi connectivity index (χ4v) is 14.2. The minimum atomic E-state index is 0.876. The van der Waals surface area contributed by atoms with Gasteiger partial charge in [0.2, 0.25) is 0 Å². The Hall–Kier alpha value is -2.66. The van der Waals surface area contributed by atoms with Crippen LogP contribution in [0.25, 0.3) is 0 Å². The number of benzene rings is 2. The van der Waals surface area contributed by atoms with E-state index in [0.717, 1.165) is 48.5 Å². The van der Waals surface area contributed by atoms with Gasteiger partial charge in [0.05, 0.1) is 17.1 Å². The molecule has 2 nitrogen and oxygen atoms in total. The number of hydrogen-bond acceptors (Lipinski definition) is 2. The third-order valence-electron chi connectivity index (χ3n) is 20.7. The molecule has 0 atom stereocenters. The Morgan fingerprint density at radius 3 is 0.677 bits per heavy atom. The SMILES string of the molecule is CCCCCCCCCCCCC#CC(=Nc1ccc(CCCCCCCCCCCCCCCCCCCCCCCCCCCCC)cc1)C(CCCCC)=Nc1ccc(CCCCCCCCCCCCCCCCCCCCCCCCCCCCC)cc1. The van der Waals surface area contributed by atoms with Crippen LogP contribution in [0.3, 0.4) is 0 Å². The Bertz CT molecular complexity index is 1910. The first-order valence-electron chi connectivity index (χ1n) is 43.0. The van der Waals surface area contributed by atoms with E-state index in [-0.39, 0.29) is 0 Å². The van der Waals surface area contributed by atoms with Gasteiger partial charge in [-0.25, -0.2) is 4.99 Å². The Kier molecular flexibility index (Phi) is 67.0. The minimum absolute atomic E-state index is 0.876. The lowest BCUT2D eigenvalue weighted by molar-refractivity contribution is 0.514. The van der Waals surface area contributed by atoms with Crippen LogP contribution < -0.4 is 0 Å². The van der Waals surface area contributed by atoms with Gasteiger partial charge in [-0.2, -0.15) is 0 Å². The summed E-state index contributed by atoms with van der Waals surface area (Å²) in [5.74, 6) is 7.23. The molecule has 2 aromatic rings. The number of hydrogen-bond donors (Lipinski definition) is 0. The van der Waals surface area contributed by atoms with Crippen LogP contribution in [0.5, 0.6) is 0 Å². The standard InChI is InChI=1S/C91H162N2/c1-5-9-13-16-19-22-25-28-30-32-34-36-38-40-42-44-46-48-50-52-54-56-58-61-64-67-71-74-86-78-82-88(83-79-86)92-90(76-70-12-8-4)91(77-73-69-66-63-60-27-24-21-18-15-11-7-3)93-89-84-80-87(81-85-89)75-72-68-65-62-59-57-55-53-51-49-47-45-43-41-39-37-35-33-31-29-26-23-20-17-14-10-6-2/h78-85H,5-72,74-76H2,1-4H3. The summed E-state index contributed by atoms with van der Waals surface area (Å²) in [5.41, 5.74) is 6.86. The third-order valence-corrected chi connectivity index (χ3v) is 20.7. The molecule has 0 bridgehead atoms. The van der Waals surface area contributed by atoms with Gasteiger partial charge < -0.3 is 0 Å². The molecule has 0 heterocycles. The molecule has 0 aliphatic carbocycles. The Morgan fingerprint density at radius 2 is 0.430 bits per heavy atom. The predicted molar refractivity (Wildman–Crippen MR) is 424 cm³/mol. The van der Waals surface area contributed by atoms with Gasteiger partial charge in [-0.3, -0.25) is 4.99 Å². The summed E-state index contributed by atoms with van der Waals surface area (Å²) in [6.45, 7) is 9.24. The summed E-state index contributed by atoms with van der Waals surface area (Å²) >= 11 is 0. The monoisotopic (exact) mass is 1280 g/mol. The average Bonchev–Trinajstić information content (AvgIpc) is 1.79. The van der Waals surface area contributed by atoms with Gasteiger partial charge in [-0.05, 0) is 86.3 Å². The fraction of sp³-hybridized carbons (Fsp3) is 0.824. The molecule has 0 unspecified atom stereocenters. The van der Waals surface area contributed by atoms with Crippen molar-refractivity contribution in [2.45, 2.75) is 484 Å². The lowest BCUT2D eigenvalue weighted by Crippen LogP contribution is -2.12. The van der Waals surface area contributed by atoms with Crippen molar-refractivity contribution >= 4 is 22.8 Å². The maximum atomic E-state index is 5.37. The Balaban J connectivity index is 1.68. The van der Waals surface area contributed by atoms with Crippen molar-refractivity contribution in [1.82, 2.24) is 0 Å². The van der Waals surface area contributed by atoms with Crippen LogP contribution in [0.2, 0.25) is 0 Å². The molecule has 2 heteroatoms. The molecule has 0 aromatic heterocycles. The molecule has 0 aliphatic heterocycles. The summed E-state index contributed by atoms with van der Waals surface area (Å²) < 4.78 is 0. The van der Waals surface area contributed by atoms with Gasteiger partial charge >= 0.3 is 0 Å². The van der Waals surface area contributed by atoms with Gasteiger partial charge in [0.15, 0.2) is 0 Å². The first-order valence-corrected chi connectivity index (χ1v) is 43.0. The summed E-state index contributed by atoms with van der Waals surface area (Å²) in [5, 5.41) is 0. The number of nitrogens with zero attached hydrogens (tertiary/aromatic N) is 2. The van der Waals surface area contributed by atoms with Gasteiger partial charge in [0, 0.05) is 6.42 Å². The van der Waals surface area contributed by atoms with Crippen LogP contribution in [-0.4, -0.2) is 11.4 Å². The zero-order valence-electron chi connectivity index (χ0n) is 63.7. The normalized spacial score (nSPS) is 12.0. The highest BCUT2D eigenvalue weighted by Gasteiger charge is 2.10. The summed E-state index contributed by atoms with van der Waals surface area (Å²) in [4.78, 5) is 10.7. The van der Waals surface area contributed by atoms with E-state index in [1.807, 2.05) is 0 Å². The van der Waals surface area contributed by atoms with Crippen LogP contribution in [0.1, 0.15) is 482 Å². The van der Waals surface area contributed by atoms with Crippen LogP contribution in [-0.2, 0) is 12.8 Å². The van der Waals surface area contributed by atoms with E-state index >= 15 is 0 Å². The second-order valence-electron chi connectivity index (χ2n) is 29.9. The maximum absolute atomic E-state index is 5.37. The van der Waals surface area contributed by atoms with Crippen molar-refractivity contribution in [3.8, 4) is 11.8 Å². The van der Waals surface area contributed by atoms with Crippen LogP contribution >= 0.6 is 0 Å². The maximum Gasteiger partial charge on any atom is 0.135 e. The molecular weight excluding hydrogens is 1120 g/mol. The highest BCUT2D eigenvalue weighted by atomic mass is 14.8. The third kappa shape index (κ3) is 60.3. The van der Waals surface area contributed by atoms with E-state index in [4.69, 9.17) is 9.98 Å². The molecular formula is C91H162N2. The molecule has 536 valence electrons. The Labute approximate surface area is 584 Å². The first-order chi connectivity index (χ1) is 46.2. The summed E-state index contributed by atoms with van der Waals surface area (Å²) in [7, 11) is 0. The van der Waals surface area contributed by atoms with Crippen LogP contribution in [0, 0.1) is 11.8 Å². The topological polar surface area (TPSA) is 24.7 Å². The molecule has 0 saturated carbocycles. The zero-order valence-corrected chi connectivity index (χ0v) is 63.7. The molecule has 0 aliphatic rings.